The number of carbonyl (C=O) groups is 1. The molecule has 5 rings (SSSR count). The Morgan fingerprint density at radius 2 is 1.78 bits per heavy atom. The third kappa shape index (κ3) is 4.81. The maximum atomic E-state index is 13.7. The molecule has 0 spiro atoms. The molecule has 2 aromatic heterocycles. The first-order valence-electron chi connectivity index (χ1n) is 12.6. The van der Waals surface area contributed by atoms with Crippen LogP contribution >= 0.6 is 0 Å². The lowest BCUT2D eigenvalue weighted by molar-refractivity contribution is 0.0714. The van der Waals surface area contributed by atoms with Crippen LogP contribution in [0.15, 0.2) is 76.2 Å². The van der Waals surface area contributed by atoms with Crippen molar-refractivity contribution >= 4 is 16.9 Å². The van der Waals surface area contributed by atoms with Crippen LogP contribution in [0.5, 0.6) is 11.5 Å². The molecule has 0 aliphatic carbocycles. The van der Waals surface area contributed by atoms with Crippen molar-refractivity contribution in [3.63, 3.8) is 0 Å². The van der Waals surface area contributed by atoms with E-state index in [4.69, 9.17) is 13.9 Å². The van der Waals surface area contributed by atoms with E-state index in [1.165, 1.54) is 0 Å². The molecule has 3 heterocycles. The number of hydrogen-bond donors (Lipinski definition) is 0. The van der Waals surface area contributed by atoms with Crippen molar-refractivity contribution < 1.29 is 18.7 Å². The fourth-order valence-corrected chi connectivity index (χ4v) is 4.65. The minimum absolute atomic E-state index is 0.0815. The van der Waals surface area contributed by atoms with Crippen LogP contribution in [-0.2, 0) is 6.54 Å². The first kappa shape index (κ1) is 24.6. The molecule has 7 heteroatoms. The zero-order valence-electron chi connectivity index (χ0n) is 21.3. The van der Waals surface area contributed by atoms with Gasteiger partial charge in [0.2, 0.25) is 5.76 Å². The predicted molar refractivity (Wildman–Crippen MR) is 141 cm³/mol. The molecule has 0 radical (unpaired) electrons. The molecular formula is C30H30N2O5. The number of nitrogens with zero attached hydrogens (tertiary/aromatic N) is 2. The van der Waals surface area contributed by atoms with Crippen LogP contribution in [-0.4, -0.2) is 29.0 Å². The summed E-state index contributed by atoms with van der Waals surface area (Å²) in [5.41, 5.74) is 2.18. The highest BCUT2D eigenvalue weighted by atomic mass is 16.5. The van der Waals surface area contributed by atoms with Gasteiger partial charge in [0.05, 0.1) is 30.2 Å². The summed E-state index contributed by atoms with van der Waals surface area (Å²) in [7, 11) is 0. The van der Waals surface area contributed by atoms with E-state index in [-0.39, 0.29) is 17.1 Å². The second-order valence-electron chi connectivity index (χ2n) is 9.53. The van der Waals surface area contributed by atoms with E-state index < -0.39 is 6.04 Å². The van der Waals surface area contributed by atoms with Gasteiger partial charge >= 0.3 is 0 Å². The molecule has 1 amide bonds. The highest BCUT2D eigenvalue weighted by molar-refractivity contribution is 5.99. The number of fused-ring (bicyclic) bond motifs is 2. The number of para-hydroxylation sites is 1. The SMILES string of the molecule is CCOc1cc(C2c3c(oc4ccccc4c3=O)C(=O)N2Cc2ccncc2)ccc1OCCC(C)C. The summed E-state index contributed by atoms with van der Waals surface area (Å²) in [4.78, 5) is 33.2. The second kappa shape index (κ2) is 10.5. The van der Waals surface area contributed by atoms with Crippen LogP contribution in [0, 0.1) is 5.92 Å². The van der Waals surface area contributed by atoms with Crippen LogP contribution in [0.3, 0.4) is 0 Å². The Kier molecular flexibility index (Phi) is 6.95. The number of benzene rings is 2. The van der Waals surface area contributed by atoms with E-state index in [9.17, 15) is 9.59 Å². The Morgan fingerprint density at radius 3 is 2.54 bits per heavy atom. The number of aromatic nitrogens is 1. The summed E-state index contributed by atoms with van der Waals surface area (Å²) in [6.45, 7) is 7.54. The molecule has 190 valence electrons. The summed E-state index contributed by atoms with van der Waals surface area (Å²) >= 11 is 0. The predicted octanol–water partition coefficient (Wildman–Crippen LogP) is 5.76. The fourth-order valence-electron chi connectivity index (χ4n) is 4.65. The van der Waals surface area contributed by atoms with E-state index in [0.29, 0.717) is 53.7 Å². The zero-order chi connectivity index (χ0) is 25.9. The van der Waals surface area contributed by atoms with Crippen LogP contribution in [0.2, 0.25) is 0 Å². The molecule has 4 aromatic rings. The summed E-state index contributed by atoms with van der Waals surface area (Å²) < 4.78 is 18.0. The average Bonchev–Trinajstić information content (AvgIpc) is 3.17. The first-order valence-corrected chi connectivity index (χ1v) is 12.6. The lowest BCUT2D eigenvalue weighted by Gasteiger charge is -2.26. The number of amides is 1. The summed E-state index contributed by atoms with van der Waals surface area (Å²) in [6.07, 6.45) is 4.30. The molecule has 0 saturated heterocycles. The first-order chi connectivity index (χ1) is 18.0. The van der Waals surface area contributed by atoms with E-state index in [2.05, 4.69) is 18.8 Å². The minimum Gasteiger partial charge on any atom is -0.490 e. The van der Waals surface area contributed by atoms with Crippen molar-refractivity contribution in [2.75, 3.05) is 13.2 Å². The molecule has 0 N–H and O–H groups in total. The highest BCUT2D eigenvalue weighted by Gasteiger charge is 2.43. The van der Waals surface area contributed by atoms with Gasteiger partial charge in [-0.15, -0.1) is 0 Å². The van der Waals surface area contributed by atoms with E-state index >= 15 is 0 Å². The average molecular weight is 499 g/mol. The van der Waals surface area contributed by atoms with Gasteiger partial charge in [0.1, 0.15) is 5.58 Å². The third-order valence-electron chi connectivity index (χ3n) is 6.51. The monoisotopic (exact) mass is 498 g/mol. The van der Waals surface area contributed by atoms with Crippen molar-refractivity contribution in [2.45, 2.75) is 39.8 Å². The zero-order valence-corrected chi connectivity index (χ0v) is 21.3. The van der Waals surface area contributed by atoms with E-state index in [0.717, 1.165) is 17.5 Å². The van der Waals surface area contributed by atoms with Gasteiger partial charge in [0.15, 0.2) is 16.9 Å². The molecule has 0 fully saturated rings. The lowest BCUT2D eigenvalue weighted by Crippen LogP contribution is -2.29. The van der Waals surface area contributed by atoms with Gasteiger partial charge in [-0.2, -0.15) is 0 Å². The molecule has 0 bridgehead atoms. The Balaban J connectivity index is 1.63. The van der Waals surface area contributed by atoms with Crippen LogP contribution in [0.1, 0.15) is 60.5 Å². The standard InChI is InChI=1S/C30H30N2O5/c1-4-35-25-17-21(9-10-24(25)36-16-13-19(2)3)27-26-28(33)22-7-5-6-8-23(22)37-29(26)30(34)32(27)18-20-11-14-31-15-12-20/h5-12,14-15,17,19,27H,4,13,16,18H2,1-3H3. The quantitative estimate of drug-likeness (QED) is 0.292. The van der Waals surface area contributed by atoms with Gasteiger partial charge in [0, 0.05) is 18.9 Å². The molecule has 1 aliphatic heterocycles. The second-order valence-corrected chi connectivity index (χ2v) is 9.53. The number of hydrogen-bond acceptors (Lipinski definition) is 6. The van der Waals surface area contributed by atoms with Gasteiger partial charge in [-0.1, -0.05) is 32.0 Å². The summed E-state index contributed by atoms with van der Waals surface area (Å²) in [6, 6.07) is 15.7. The number of carbonyl (C=O) groups excluding carboxylic acids is 1. The van der Waals surface area contributed by atoms with Crippen LogP contribution < -0.4 is 14.9 Å². The molecule has 1 aliphatic rings. The minimum atomic E-state index is -0.638. The molecule has 2 aromatic carbocycles. The molecular weight excluding hydrogens is 468 g/mol. The van der Waals surface area contributed by atoms with Gasteiger partial charge in [0.25, 0.3) is 5.91 Å². The Hall–Kier alpha value is -4.13. The Labute approximate surface area is 215 Å². The summed E-state index contributed by atoms with van der Waals surface area (Å²) in [5, 5.41) is 0.448. The van der Waals surface area contributed by atoms with Crippen molar-refractivity contribution in [2.24, 2.45) is 5.92 Å². The Morgan fingerprint density at radius 1 is 1.00 bits per heavy atom. The number of ether oxygens (including phenoxy) is 2. The van der Waals surface area contributed by atoms with Crippen molar-refractivity contribution in [1.29, 1.82) is 0 Å². The highest BCUT2D eigenvalue weighted by Crippen LogP contribution is 2.41. The number of rotatable bonds is 9. The van der Waals surface area contributed by atoms with Crippen LogP contribution in [0.25, 0.3) is 11.0 Å². The van der Waals surface area contributed by atoms with Crippen molar-refractivity contribution in [1.82, 2.24) is 9.88 Å². The van der Waals surface area contributed by atoms with Gasteiger partial charge in [-0.3, -0.25) is 14.6 Å². The van der Waals surface area contributed by atoms with E-state index in [1.54, 1.807) is 41.6 Å². The molecule has 1 atom stereocenters. The Bertz CT molecular complexity index is 1480. The maximum absolute atomic E-state index is 13.7. The van der Waals surface area contributed by atoms with Gasteiger partial charge in [-0.25, -0.2) is 0 Å². The normalized spacial score (nSPS) is 14.9. The maximum Gasteiger partial charge on any atom is 0.291 e. The smallest absolute Gasteiger partial charge is 0.291 e. The topological polar surface area (TPSA) is 81.9 Å². The van der Waals surface area contributed by atoms with Crippen LogP contribution in [0.4, 0.5) is 0 Å². The van der Waals surface area contributed by atoms with Crippen molar-refractivity contribution in [3.8, 4) is 11.5 Å². The lowest BCUT2D eigenvalue weighted by atomic mass is 9.97. The molecule has 37 heavy (non-hydrogen) atoms. The summed E-state index contributed by atoms with van der Waals surface area (Å²) in [5.74, 6) is 1.50. The van der Waals surface area contributed by atoms with Gasteiger partial charge in [-0.05, 0) is 66.8 Å². The van der Waals surface area contributed by atoms with E-state index in [1.807, 2.05) is 37.3 Å². The third-order valence-corrected chi connectivity index (χ3v) is 6.51. The molecule has 0 saturated carbocycles. The largest absolute Gasteiger partial charge is 0.490 e. The van der Waals surface area contributed by atoms with Gasteiger partial charge < -0.3 is 18.8 Å². The fraction of sp³-hybridized carbons (Fsp3) is 0.300. The molecule has 7 nitrogen and oxygen atoms in total. The van der Waals surface area contributed by atoms with Crippen molar-refractivity contribution in [3.05, 3.63) is 99.7 Å². The number of pyridine rings is 1. The molecule has 1 unspecified atom stereocenters.